The summed E-state index contributed by atoms with van der Waals surface area (Å²) in [7, 11) is 0. The average molecular weight is 356 g/mol. The Bertz CT molecular complexity index is 725. The lowest BCUT2D eigenvalue weighted by atomic mass is 10.1. The van der Waals surface area contributed by atoms with Gasteiger partial charge in [0.05, 0.1) is 11.4 Å². The van der Waals surface area contributed by atoms with Crippen molar-refractivity contribution < 1.29 is 9.18 Å². The number of aliphatic imine (C=N–C) groups is 1. The number of nitrogens with zero attached hydrogens (tertiary/aromatic N) is 2. The second-order valence-electron chi connectivity index (χ2n) is 6.00. The molecule has 0 aromatic heterocycles. The second-order valence-corrected chi connectivity index (χ2v) is 6.94. The summed E-state index contributed by atoms with van der Waals surface area (Å²) in [5.41, 5.74) is 1.43. The summed E-state index contributed by atoms with van der Waals surface area (Å²) < 4.78 is 13.0. The molecule has 0 N–H and O–H groups in total. The topological polar surface area (TPSA) is 32.7 Å². The lowest BCUT2D eigenvalue weighted by molar-refractivity contribution is 0.102. The molecular formula is C20H21FN2OS. The standard InChI is InChI=1S/C20H21FN2OS/c21-17-11-9-16(10-12-17)19(24)15-25-20(23-13-5-2-6-14-23)22-18-7-3-1-4-8-18/h1,3-4,7-12H,2,5-6,13-15H2. The Hall–Kier alpha value is -2.14. The minimum Gasteiger partial charge on any atom is -0.351 e. The first-order chi connectivity index (χ1) is 12.2. The maximum Gasteiger partial charge on any atom is 0.173 e. The number of piperidine rings is 1. The van der Waals surface area contributed by atoms with Gasteiger partial charge in [0, 0.05) is 18.7 Å². The van der Waals surface area contributed by atoms with Gasteiger partial charge in [-0.25, -0.2) is 9.38 Å². The molecule has 2 aromatic rings. The molecule has 0 atom stereocenters. The van der Waals surface area contributed by atoms with Crippen molar-refractivity contribution in [1.29, 1.82) is 0 Å². The molecule has 0 unspecified atom stereocenters. The van der Waals surface area contributed by atoms with Gasteiger partial charge < -0.3 is 4.90 Å². The molecule has 0 amide bonds. The Morgan fingerprint density at radius 2 is 1.68 bits per heavy atom. The SMILES string of the molecule is O=C(CSC(=Nc1ccccc1)N1CCCCC1)c1ccc(F)cc1. The van der Waals surface area contributed by atoms with Crippen LogP contribution in [0.15, 0.2) is 59.6 Å². The Balaban J connectivity index is 1.72. The quantitative estimate of drug-likeness (QED) is 0.443. The molecule has 130 valence electrons. The van der Waals surface area contributed by atoms with E-state index in [0.29, 0.717) is 11.3 Å². The molecule has 1 aliphatic heterocycles. The van der Waals surface area contributed by atoms with Crippen LogP contribution in [0.5, 0.6) is 0 Å². The summed E-state index contributed by atoms with van der Waals surface area (Å²) in [6, 6.07) is 15.5. The molecule has 3 rings (SSSR count). The fourth-order valence-electron chi connectivity index (χ4n) is 2.74. The number of carbonyl (C=O) groups excluding carboxylic acids is 1. The van der Waals surface area contributed by atoms with Crippen molar-refractivity contribution in [3.05, 3.63) is 66.0 Å². The van der Waals surface area contributed by atoms with Gasteiger partial charge in [0.1, 0.15) is 5.82 Å². The number of halogens is 1. The summed E-state index contributed by atoms with van der Waals surface area (Å²) >= 11 is 1.46. The molecule has 0 bridgehead atoms. The fraction of sp³-hybridized carbons (Fsp3) is 0.300. The van der Waals surface area contributed by atoms with E-state index in [1.165, 1.54) is 42.4 Å². The van der Waals surface area contributed by atoms with Gasteiger partial charge >= 0.3 is 0 Å². The van der Waals surface area contributed by atoms with E-state index < -0.39 is 0 Å². The van der Waals surface area contributed by atoms with E-state index in [4.69, 9.17) is 4.99 Å². The number of ketones is 1. The van der Waals surface area contributed by atoms with Crippen molar-refractivity contribution >= 4 is 28.4 Å². The monoisotopic (exact) mass is 356 g/mol. The molecule has 3 nitrogen and oxygen atoms in total. The van der Waals surface area contributed by atoms with Gasteiger partial charge in [-0.3, -0.25) is 4.79 Å². The molecule has 5 heteroatoms. The zero-order valence-electron chi connectivity index (χ0n) is 14.0. The molecule has 0 aliphatic carbocycles. The Labute approximate surface area is 152 Å². The lowest BCUT2D eigenvalue weighted by Gasteiger charge is -2.29. The number of hydrogen-bond donors (Lipinski definition) is 0. The van der Waals surface area contributed by atoms with Crippen LogP contribution in [0.2, 0.25) is 0 Å². The summed E-state index contributed by atoms with van der Waals surface area (Å²) in [4.78, 5) is 19.4. The van der Waals surface area contributed by atoms with E-state index in [0.717, 1.165) is 36.8 Å². The van der Waals surface area contributed by atoms with Gasteiger partial charge in [0.15, 0.2) is 11.0 Å². The minimum atomic E-state index is -0.330. The number of amidine groups is 1. The molecule has 1 fully saturated rings. The number of para-hydroxylation sites is 1. The average Bonchev–Trinajstić information content (AvgIpc) is 2.67. The Morgan fingerprint density at radius 1 is 1.00 bits per heavy atom. The smallest absolute Gasteiger partial charge is 0.173 e. The van der Waals surface area contributed by atoms with Gasteiger partial charge in [-0.2, -0.15) is 0 Å². The van der Waals surface area contributed by atoms with Crippen LogP contribution in [-0.2, 0) is 0 Å². The fourth-order valence-corrected chi connectivity index (χ4v) is 3.70. The van der Waals surface area contributed by atoms with E-state index in [1.54, 1.807) is 0 Å². The van der Waals surface area contributed by atoms with Crippen molar-refractivity contribution in [2.75, 3.05) is 18.8 Å². The van der Waals surface area contributed by atoms with E-state index in [9.17, 15) is 9.18 Å². The molecule has 25 heavy (non-hydrogen) atoms. The number of hydrogen-bond acceptors (Lipinski definition) is 3. The summed E-state index contributed by atoms with van der Waals surface area (Å²) in [5, 5.41) is 0.890. The van der Waals surface area contributed by atoms with Crippen LogP contribution in [0.25, 0.3) is 0 Å². The van der Waals surface area contributed by atoms with Crippen LogP contribution in [0.1, 0.15) is 29.6 Å². The van der Waals surface area contributed by atoms with Crippen molar-refractivity contribution in [3.63, 3.8) is 0 Å². The maximum atomic E-state index is 13.0. The van der Waals surface area contributed by atoms with Gasteiger partial charge in [-0.1, -0.05) is 30.0 Å². The molecule has 0 saturated carbocycles. The highest BCUT2D eigenvalue weighted by atomic mass is 32.2. The van der Waals surface area contributed by atoms with Crippen LogP contribution in [0, 0.1) is 5.82 Å². The summed E-state index contributed by atoms with van der Waals surface area (Å²) in [6.45, 7) is 1.95. The van der Waals surface area contributed by atoms with Gasteiger partial charge in [-0.15, -0.1) is 0 Å². The molecule has 0 spiro atoms. The van der Waals surface area contributed by atoms with Crippen molar-refractivity contribution in [2.24, 2.45) is 4.99 Å². The second kappa shape index (κ2) is 8.81. The molecule has 1 saturated heterocycles. The highest BCUT2D eigenvalue weighted by Crippen LogP contribution is 2.21. The van der Waals surface area contributed by atoms with Crippen molar-refractivity contribution in [1.82, 2.24) is 4.90 Å². The van der Waals surface area contributed by atoms with Gasteiger partial charge in [0.2, 0.25) is 0 Å². The number of carbonyl (C=O) groups is 1. The van der Waals surface area contributed by atoms with E-state index in [-0.39, 0.29) is 11.6 Å². The van der Waals surface area contributed by atoms with Crippen LogP contribution in [0.4, 0.5) is 10.1 Å². The number of likely N-dealkylation sites (tertiary alicyclic amines) is 1. The summed E-state index contributed by atoms with van der Waals surface area (Å²) in [6.07, 6.45) is 3.55. The van der Waals surface area contributed by atoms with Crippen molar-refractivity contribution in [3.8, 4) is 0 Å². The number of rotatable bonds is 4. The number of benzene rings is 2. The highest BCUT2D eigenvalue weighted by molar-refractivity contribution is 8.14. The zero-order chi connectivity index (χ0) is 17.5. The molecular weight excluding hydrogens is 335 g/mol. The van der Waals surface area contributed by atoms with Crippen LogP contribution < -0.4 is 0 Å². The first kappa shape index (κ1) is 17.7. The normalized spacial score (nSPS) is 15.2. The van der Waals surface area contributed by atoms with Crippen LogP contribution >= 0.6 is 11.8 Å². The molecule has 1 heterocycles. The van der Waals surface area contributed by atoms with Crippen LogP contribution in [0.3, 0.4) is 0 Å². The number of thioether (sulfide) groups is 1. The molecule has 1 aliphatic rings. The first-order valence-corrected chi connectivity index (χ1v) is 9.51. The predicted octanol–water partition coefficient (Wildman–Crippen LogP) is 4.92. The third-order valence-corrected chi connectivity index (χ3v) is 5.12. The lowest BCUT2D eigenvalue weighted by Crippen LogP contribution is -2.34. The van der Waals surface area contributed by atoms with E-state index in [2.05, 4.69) is 4.90 Å². The zero-order valence-corrected chi connectivity index (χ0v) is 14.8. The van der Waals surface area contributed by atoms with Gasteiger partial charge in [-0.05, 0) is 55.7 Å². The Morgan fingerprint density at radius 3 is 2.36 bits per heavy atom. The van der Waals surface area contributed by atoms with Crippen molar-refractivity contribution in [2.45, 2.75) is 19.3 Å². The largest absolute Gasteiger partial charge is 0.351 e. The summed E-state index contributed by atoms with van der Waals surface area (Å²) in [5.74, 6) is -0.0417. The van der Waals surface area contributed by atoms with E-state index in [1.807, 2.05) is 30.3 Å². The third kappa shape index (κ3) is 5.16. The highest BCUT2D eigenvalue weighted by Gasteiger charge is 2.17. The molecule has 2 aromatic carbocycles. The minimum absolute atomic E-state index is 0.0113. The first-order valence-electron chi connectivity index (χ1n) is 8.52. The van der Waals surface area contributed by atoms with Crippen LogP contribution in [-0.4, -0.2) is 34.7 Å². The maximum absolute atomic E-state index is 13.0. The number of Topliss-reactive ketones (excluding diaryl/α,β-unsaturated/α-hetero) is 1. The predicted molar refractivity (Wildman–Crippen MR) is 102 cm³/mol. The van der Waals surface area contributed by atoms with E-state index >= 15 is 0 Å². The molecule has 0 radical (unpaired) electrons. The third-order valence-electron chi connectivity index (χ3n) is 4.11. The Kier molecular flexibility index (Phi) is 6.23. The van der Waals surface area contributed by atoms with Gasteiger partial charge in [0.25, 0.3) is 0 Å².